The van der Waals surface area contributed by atoms with Gasteiger partial charge < -0.3 is 15.6 Å². The molecule has 78 valence electrons. The van der Waals surface area contributed by atoms with Crippen molar-refractivity contribution in [3.05, 3.63) is 23.8 Å². The Bertz CT molecular complexity index is 297. The maximum atomic E-state index is 9.54. The lowest BCUT2D eigenvalue weighted by atomic mass is 10.1. The van der Waals surface area contributed by atoms with Crippen LogP contribution in [0.25, 0.3) is 0 Å². The van der Waals surface area contributed by atoms with Crippen LogP contribution in [0, 0.1) is 0 Å². The molecule has 0 aliphatic heterocycles. The van der Waals surface area contributed by atoms with E-state index >= 15 is 0 Å². The number of phenolic OH excluding ortho intramolecular Hbond substituents is 1. The summed E-state index contributed by atoms with van der Waals surface area (Å²) in [5.74, 6) is 1.06. The van der Waals surface area contributed by atoms with E-state index < -0.39 is 0 Å². The molecule has 3 N–H and O–H groups in total. The molecule has 0 saturated carbocycles. The standard InChI is InChI=1S/C11H17NO2/c1-3-14-10-4-5-11(13)9(7-10)6-8(2)12/h4-5,7-8,13H,3,6,12H2,1-2H3. The summed E-state index contributed by atoms with van der Waals surface area (Å²) in [4.78, 5) is 0. The highest BCUT2D eigenvalue weighted by Crippen LogP contribution is 2.23. The Morgan fingerprint density at radius 1 is 1.50 bits per heavy atom. The third-order valence-electron chi connectivity index (χ3n) is 1.90. The van der Waals surface area contributed by atoms with E-state index in [1.807, 2.05) is 19.9 Å². The van der Waals surface area contributed by atoms with Crippen LogP contribution >= 0.6 is 0 Å². The number of hydrogen-bond acceptors (Lipinski definition) is 3. The third kappa shape index (κ3) is 2.92. The van der Waals surface area contributed by atoms with Gasteiger partial charge in [0, 0.05) is 6.04 Å². The number of rotatable bonds is 4. The lowest BCUT2D eigenvalue weighted by Gasteiger charge is -2.10. The molecule has 3 nitrogen and oxygen atoms in total. The summed E-state index contributed by atoms with van der Waals surface area (Å²) in [6.07, 6.45) is 0.659. The topological polar surface area (TPSA) is 55.5 Å². The smallest absolute Gasteiger partial charge is 0.119 e. The molecule has 0 saturated heterocycles. The molecular weight excluding hydrogens is 178 g/mol. The maximum absolute atomic E-state index is 9.54. The SMILES string of the molecule is CCOc1ccc(O)c(CC(C)N)c1. The minimum Gasteiger partial charge on any atom is -0.508 e. The Morgan fingerprint density at radius 3 is 2.79 bits per heavy atom. The highest BCUT2D eigenvalue weighted by molar-refractivity contribution is 5.39. The first kappa shape index (κ1) is 10.9. The Kier molecular flexibility index (Phi) is 3.77. The van der Waals surface area contributed by atoms with E-state index in [1.54, 1.807) is 12.1 Å². The Balaban J connectivity index is 2.84. The lowest BCUT2D eigenvalue weighted by Crippen LogP contribution is -2.17. The van der Waals surface area contributed by atoms with E-state index in [1.165, 1.54) is 0 Å². The van der Waals surface area contributed by atoms with Crippen LogP contribution in [0.15, 0.2) is 18.2 Å². The van der Waals surface area contributed by atoms with Crippen LogP contribution < -0.4 is 10.5 Å². The van der Waals surface area contributed by atoms with Crippen molar-refractivity contribution in [2.45, 2.75) is 26.3 Å². The number of hydrogen-bond donors (Lipinski definition) is 2. The van der Waals surface area contributed by atoms with Crippen molar-refractivity contribution in [3.8, 4) is 11.5 Å². The van der Waals surface area contributed by atoms with Crippen molar-refractivity contribution in [1.82, 2.24) is 0 Å². The number of nitrogens with two attached hydrogens (primary N) is 1. The van der Waals surface area contributed by atoms with Gasteiger partial charge in [0.05, 0.1) is 6.61 Å². The van der Waals surface area contributed by atoms with Crippen molar-refractivity contribution in [2.75, 3.05) is 6.61 Å². The van der Waals surface area contributed by atoms with E-state index in [4.69, 9.17) is 10.5 Å². The van der Waals surface area contributed by atoms with Gasteiger partial charge in [-0.15, -0.1) is 0 Å². The average molecular weight is 195 g/mol. The van der Waals surface area contributed by atoms with Crippen molar-refractivity contribution in [2.24, 2.45) is 5.73 Å². The van der Waals surface area contributed by atoms with Gasteiger partial charge in [-0.25, -0.2) is 0 Å². The van der Waals surface area contributed by atoms with Gasteiger partial charge in [0.1, 0.15) is 11.5 Å². The van der Waals surface area contributed by atoms with Gasteiger partial charge >= 0.3 is 0 Å². The number of phenols is 1. The van der Waals surface area contributed by atoms with Crippen molar-refractivity contribution in [1.29, 1.82) is 0 Å². The van der Waals surface area contributed by atoms with E-state index in [0.717, 1.165) is 11.3 Å². The van der Waals surface area contributed by atoms with Crippen LogP contribution in [0.4, 0.5) is 0 Å². The zero-order chi connectivity index (χ0) is 10.6. The quantitative estimate of drug-likeness (QED) is 0.768. The minimum atomic E-state index is 0.0396. The van der Waals surface area contributed by atoms with Crippen LogP contribution in [-0.4, -0.2) is 17.8 Å². The fraction of sp³-hybridized carbons (Fsp3) is 0.455. The van der Waals surface area contributed by atoms with Gasteiger partial charge in [-0.2, -0.15) is 0 Å². The van der Waals surface area contributed by atoms with Crippen LogP contribution in [0.3, 0.4) is 0 Å². The number of ether oxygens (including phenoxy) is 1. The molecule has 1 aromatic carbocycles. The molecule has 0 aliphatic carbocycles. The summed E-state index contributed by atoms with van der Waals surface area (Å²) < 4.78 is 5.33. The largest absolute Gasteiger partial charge is 0.508 e. The predicted octanol–water partition coefficient (Wildman–Crippen LogP) is 1.68. The molecule has 1 unspecified atom stereocenters. The van der Waals surface area contributed by atoms with E-state index in [0.29, 0.717) is 13.0 Å². The molecule has 1 rings (SSSR count). The van der Waals surface area contributed by atoms with Gasteiger partial charge in [-0.05, 0) is 44.0 Å². The third-order valence-corrected chi connectivity index (χ3v) is 1.90. The molecule has 1 atom stereocenters. The van der Waals surface area contributed by atoms with Gasteiger partial charge in [-0.3, -0.25) is 0 Å². The molecule has 0 heterocycles. The summed E-state index contributed by atoms with van der Waals surface area (Å²) in [6.45, 7) is 4.47. The summed E-state index contributed by atoms with van der Waals surface area (Å²) in [5, 5.41) is 9.54. The van der Waals surface area contributed by atoms with Gasteiger partial charge in [0.2, 0.25) is 0 Å². The molecule has 0 bridgehead atoms. The lowest BCUT2D eigenvalue weighted by molar-refractivity contribution is 0.338. The average Bonchev–Trinajstić information content (AvgIpc) is 2.10. The Hall–Kier alpha value is -1.22. The van der Waals surface area contributed by atoms with Crippen LogP contribution in [0.2, 0.25) is 0 Å². The first-order chi connectivity index (χ1) is 6.63. The van der Waals surface area contributed by atoms with Crippen molar-refractivity contribution in [3.63, 3.8) is 0 Å². The monoisotopic (exact) mass is 195 g/mol. The highest BCUT2D eigenvalue weighted by Gasteiger charge is 2.05. The van der Waals surface area contributed by atoms with Crippen LogP contribution in [0.1, 0.15) is 19.4 Å². The molecule has 14 heavy (non-hydrogen) atoms. The van der Waals surface area contributed by atoms with Gasteiger partial charge in [0.15, 0.2) is 0 Å². The van der Waals surface area contributed by atoms with E-state index in [9.17, 15) is 5.11 Å². The van der Waals surface area contributed by atoms with Crippen LogP contribution in [-0.2, 0) is 6.42 Å². The normalized spacial score (nSPS) is 12.5. The first-order valence-electron chi connectivity index (χ1n) is 4.83. The predicted molar refractivity (Wildman–Crippen MR) is 56.6 cm³/mol. The first-order valence-corrected chi connectivity index (χ1v) is 4.83. The maximum Gasteiger partial charge on any atom is 0.119 e. The van der Waals surface area contributed by atoms with E-state index in [2.05, 4.69) is 0 Å². The van der Waals surface area contributed by atoms with Gasteiger partial charge in [-0.1, -0.05) is 0 Å². The zero-order valence-electron chi connectivity index (χ0n) is 8.66. The van der Waals surface area contributed by atoms with Crippen molar-refractivity contribution >= 4 is 0 Å². The molecule has 0 amide bonds. The number of aromatic hydroxyl groups is 1. The van der Waals surface area contributed by atoms with Crippen molar-refractivity contribution < 1.29 is 9.84 Å². The highest BCUT2D eigenvalue weighted by atomic mass is 16.5. The number of benzene rings is 1. The minimum absolute atomic E-state index is 0.0396. The second-order valence-electron chi connectivity index (χ2n) is 3.40. The molecule has 0 fully saturated rings. The molecular formula is C11H17NO2. The molecule has 0 aliphatic rings. The fourth-order valence-corrected chi connectivity index (χ4v) is 1.33. The Labute approximate surface area is 84.5 Å². The summed E-state index contributed by atoms with van der Waals surface area (Å²) in [6, 6.07) is 5.27. The zero-order valence-corrected chi connectivity index (χ0v) is 8.66. The van der Waals surface area contributed by atoms with Crippen LogP contribution in [0.5, 0.6) is 11.5 Å². The second-order valence-corrected chi connectivity index (χ2v) is 3.40. The fourth-order valence-electron chi connectivity index (χ4n) is 1.33. The van der Waals surface area contributed by atoms with E-state index in [-0.39, 0.29) is 11.8 Å². The summed E-state index contributed by atoms with van der Waals surface area (Å²) in [5.41, 5.74) is 6.50. The second kappa shape index (κ2) is 4.86. The van der Waals surface area contributed by atoms with Gasteiger partial charge in [0.25, 0.3) is 0 Å². The molecule has 0 aromatic heterocycles. The Morgan fingerprint density at radius 2 is 2.21 bits per heavy atom. The molecule has 1 aromatic rings. The molecule has 0 spiro atoms. The molecule has 0 radical (unpaired) electrons. The summed E-state index contributed by atoms with van der Waals surface area (Å²) >= 11 is 0. The summed E-state index contributed by atoms with van der Waals surface area (Å²) in [7, 11) is 0. The molecule has 3 heteroatoms.